The lowest BCUT2D eigenvalue weighted by Gasteiger charge is -2.34. The van der Waals surface area contributed by atoms with Gasteiger partial charge in [-0.3, -0.25) is 9.69 Å². The van der Waals surface area contributed by atoms with Crippen molar-refractivity contribution < 1.29 is 4.79 Å². The van der Waals surface area contributed by atoms with E-state index in [1.165, 1.54) is 16.8 Å². The summed E-state index contributed by atoms with van der Waals surface area (Å²) in [6.07, 6.45) is 3.25. The first-order valence-electron chi connectivity index (χ1n) is 9.86. The third-order valence-corrected chi connectivity index (χ3v) is 6.56. The minimum Gasteiger partial charge on any atom is -0.384 e. The number of amides is 1. The molecule has 2 aromatic carbocycles. The van der Waals surface area contributed by atoms with E-state index in [1.54, 1.807) is 0 Å². The second-order valence-corrected chi connectivity index (χ2v) is 8.38. The van der Waals surface area contributed by atoms with Crippen molar-refractivity contribution in [1.82, 2.24) is 4.90 Å². The topological polar surface area (TPSA) is 44.4 Å². The van der Waals surface area contributed by atoms with Crippen LogP contribution in [0.4, 0.5) is 11.4 Å². The Balaban J connectivity index is 1.26. The number of likely N-dealkylation sites (tertiary alicyclic amines) is 1. The SMILES string of the molecule is O=C1Nc2cc(Cl)ccc2C1C1CCN(Cc2cccc3c2NCC3)CC1. The van der Waals surface area contributed by atoms with Crippen molar-refractivity contribution in [2.45, 2.75) is 31.7 Å². The molecule has 3 aliphatic rings. The monoisotopic (exact) mass is 381 g/mol. The molecule has 4 nitrogen and oxygen atoms in total. The number of hydrogen-bond acceptors (Lipinski definition) is 3. The Bertz CT molecular complexity index is 889. The fourth-order valence-electron chi connectivity index (χ4n) is 4.96. The lowest BCUT2D eigenvalue weighted by molar-refractivity contribution is -0.118. The molecule has 1 atom stereocenters. The molecule has 2 N–H and O–H groups in total. The number of piperidine rings is 1. The summed E-state index contributed by atoms with van der Waals surface area (Å²) in [6.45, 7) is 4.13. The second-order valence-electron chi connectivity index (χ2n) is 7.94. The van der Waals surface area contributed by atoms with Gasteiger partial charge >= 0.3 is 0 Å². The highest BCUT2D eigenvalue weighted by atomic mass is 35.5. The Kier molecular flexibility index (Phi) is 4.33. The smallest absolute Gasteiger partial charge is 0.232 e. The number of rotatable bonds is 3. The summed E-state index contributed by atoms with van der Waals surface area (Å²) >= 11 is 6.08. The van der Waals surface area contributed by atoms with E-state index in [1.807, 2.05) is 18.2 Å². The van der Waals surface area contributed by atoms with Gasteiger partial charge < -0.3 is 10.6 Å². The van der Waals surface area contributed by atoms with Crippen molar-refractivity contribution in [2.24, 2.45) is 5.92 Å². The first-order valence-corrected chi connectivity index (χ1v) is 10.2. The predicted octanol–water partition coefficient (Wildman–Crippen LogP) is 4.26. The fraction of sp³-hybridized carbons (Fsp3) is 0.409. The average Bonchev–Trinajstić information content (AvgIpc) is 3.26. The number of fused-ring (bicyclic) bond motifs is 2. The van der Waals surface area contributed by atoms with Crippen molar-refractivity contribution in [3.8, 4) is 0 Å². The average molecular weight is 382 g/mol. The van der Waals surface area contributed by atoms with Gasteiger partial charge in [-0.05, 0) is 67.1 Å². The number of carbonyl (C=O) groups excluding carboxylic acids is 1. The highest BCUT2D eigenvalue weighted by Gasteiger charge is 2.38. The third-order valence-electron chi connectivity index (χ3n) is 6.32. The summed E-state index contributed by atoms with van der Waals surface area (Å²) in [5.41, 5.74) is 6.21. The summed E-state index contributed by atoms with van der Waals surface area (Å²) < 4.78 is 0. The van der Waals surface area contributed by atoms with Crippen LogP contribution in [0.5, 0.6) is 0 Å². The largest absolute Gasteiger partial charge is 0.384 e. The van der Waals surface area contributed by atoms with E-state index in [4.69, 9.17) is 11.6 Å². The molecule has 0 saturated carbocycles. The Morgan fingerprint density at radius 2 is 2.00 bits per heavy atom. The van der Waals surface area contributed by atoms with Crippen molar-refractivity contribution in [1.29, 1.82) is 0 Å². The molecule has 1 saturated heterocycles. The molecule has 1 fully saturated rings. The number of nitrogens with zero attached hydrogens (tertiary/aromatic N) is 1. The minimum atomic E-state index is -0.0259. The number of benzene rings is 2. The van der Waals surface area contributed by atoms with E-state index in [2.05, 4.69) is 33.7 Å². The molecule has 27 heavy (non-hydrogen) atoms. The minimum absolute atomic E-state index is 0.0259. The number of nitrogens with one attached hydrogen (secondary N) is 2. The van der Waals surface area contributed by atoms with Crippen molar-refractivity contribution in [2.75, 3.05) is 30.3 Å². The quantitative estimate of drug-likeness (QED) is 0.835. The zero-order valence-corrected chi connectivity index (χ0v) is 16.1. The predicted molar refractivity (Wildman–Crippen MR) is 109 cm³/mol. The van der Waals surface area contributed by atoms with Crippen LogP contribution in [-0.2, 0) is 17.8 Å². The Hall–Kier alpha value is -2.04. The molecule has 0 bridgehead atoms. The van der Waals surface area contributed by atoms with Crippen LogP contribution >= 0.6 is 11.6 Å². The molecule has 3 aliphatic heterocycles. The normalized spacial score (nSPS) is 22.3. The van der Waals surface area contributed by atoms with Crippen LogP contribution < -0.4 is 10.6 Å². The Labute approximate surface area is 164 Å². The maximum Gasteiger partial charge on any atom is 0.232 e. The highest BCUT2D eigenvalue weighted by Crippen LogP contribution is 2.42. The van der Waals surface area contributed by atoms with Crippen LogP contribution in [0.1, 0.15) is 35.4 Å². The zero-order valence-electron chi connectivity index (χ0n) is 15.3. The van der Waals surface area contributed by atoms with Gasteiger partial charge in [-0.15, -0.1) is 0 Å². The van der Waals surface area contributed by atoms with Crippen LogP contribution in [0.2, 0.25) is 5.02 Å². The highest BCUT2D eigenvalue weighted by molar-refractivity contribution is 6.31. The van der Waals surface area contributed by atoms with E-state index < -0.39 is 0 Å². The van der Waals surface area contributed by atoms with E-state index in [0.29, 0.717) is 10.9 Å². The summed E-state index contributed by atoms with van der Waals surface area (Å²) in [6, 6.07) is 12.4. The Morgan fingerprint density at radius 1 is 1.15 bits per heavy atom. The lowest BCUT2D eigenvalue weighted by atomic mass is 9.80. The summed E-state index contributed by atoms with van der Waals surface area (Å²) in [7, 11) is 0. The van der Waals surface area contributed by atoms with Gasteiger partial charge in [-0.1, -0.05) is 35.9 Å². The Morgan fingerprint density at radius 3 is 2.85 bits per heavy atom. The van der Waals surface area contributed by atoms with E-state index >= 15 is 0 Å². The van der Waals surface area contributed by atoms with Gasteiger partial charge in [0.2, 0.25) is 5.91 Å². The van der Waals surface area contributed by atoms with Gasteiger partial charge in [-0.2, -0.15) is 0 Å². The number of para-hydroxylation sites is 1. The van der Waals surface area contributed by atoms with E-state index in [0.717, 1.165) is 56.7 Å². The fourth-order valence-corrected chi connectivity index (χ4v) is 5.13. The molecule has 0 aromatic heterocycles. The summed E-state index contributed by atoms with van der Waals surface area (Å²) in [5.74, 6) is 0.515. The van der Waals surface area contributed by atoms with Crippen LogP contribution in [-0.4, -0.2) is 30.4 Å². The molecule has 5 heteroatoms. The van der Waals surface area contributed by atoms with E-state index in [9.17, 15) is 4.79 Å². The summed E-state index contributed by atoms with van der Waals surface area (Å²) in [5, 5.41) is 7.24. The standard InChI is InChI=1S/C22H24ClN3O/c23-17-4-5-18-19(12-17)25-22(27)20(18)14-7-10-26(11-8-14)13-16-3-1-2-15-6-9-24-21(15)16/h1-5,12,14,20,24H,6-11,13H2,(H,25,27). The van der Waals surface area contributed by atoms with Gasteiger partial charge in [0.25, 0.3) is 0 Å². The third kappa shape index (κ3) is 3.11. The molecule has 1 amide bonds. The van der Waals surface area contributed by atoms with Gasteiger partial charge in [0.05, 0.1) is 5.92 Å². The first-order chi connectivity index (χ1) is 13.2. The summed E-state index contributed by atoms with van der Waals surface area (Å²) in [4.78, 5) is 15.1. The maximum atomic E-state index is 12.6. The van der Waals surface area contributed by atoms with Crippen LogP contribution in [0, 0.1) is 5.92 Å². The molecule has 2 aromatic rings. The number of anilines is 2. The molecule has 0 aliphatic carbocycles. The van der Waals surface area contributed by atoms with Gasteiger partial charge in [0.1, 0.15) is 0 Å². The first kappa shape index (κ1) is 17.1. The van der Waals surface area contributed by atoms with E-state index in [-0.39, 0.29) is 11.8 Å². The van der Waals surface area contributed by atoms with Gasteiger partial charge in [-0.25, -0.2) is 0 Å². The van der Waals surface area contributed by atoms with Crippen LogP contribution in [0.15, 0.2) is 36.4 Å². The molecule has 0 spiro atoms. The maximum absolute atomic E-state index is 12.6. The van der Waals surface area contributed by atoms with Gasteiger partial charge in [0.15, 0.2) is 0 Å². The van der Waals surface area contributed by atoms with Crippen LogP contribution in [0.25, 0.3) is 0 Å². The zero-order chi connectivity index (χ0) is 18.4. The second kappa shape index (κ2) is 6.84. The molecule has 1 unspecified atom stereocenters. The van der Waals surface area contributed by atoms with Crippen LogP contribution in [0.3, 0.4) is 0 Å². The van der Waals surface area contributed by atoms with Crippen molar-refractivity contribution in [3.63, 3.8) is 0 Å². The molecule has 140 valence electrons. The molecule has 0 radical (unpaired) electrons. The molecular weight excluding hydrogens is 358 g/mol. The van der Waals surface area contributed by atoms with Crippen molar-refractivity contribution >= 4 is 28.9 Å². The lowest BCUT2D eigenvalue weighted by Crippen LogP contribution is -2.36. The van der Waals surface area contributed by atoms with Gasteiger partial charge in [0, 0.05) is 29.5 Å². The number of halogens is 1. The molecular formula is C22H24ClN3O. The number of carbonyl (C=O) groups is 1. The molecule has 3 heterocycles. The number of hydrogen-bond donors (Lipinski definition) is 2. The van der Waals surface area contributed by atoms with Crippen molar-refractivity contribution in [3.05, 3.63) is 58.1 Å². The molecule has 5 rings (SSSR count).